The Morgan fingerprint density at radius 1 is 1.40 bits per heavy atom. The summed E-state index contributed by atoms with van der Waals surface area (Å²) in [7, 11) is 0. The molecule has 0 amide bonds. The lowest BCUT2D eigenvalue weighted by Gasteiger charge is -2.18. The number of ether oxygens (including phenoxy) is 2. The second-order valence-electron chi connectivity index (χ2n) is 2.92. The summed E-state index contributed by atoms with van der Waals surface area (Å²) in [5.74, 6) is 5.68. The van der Waals surface area contributed by atoms with E-state index in [9.17, 15) is 10.1 Å². The third-order valence-electron chi connectivity index (χ3n) is 1.99. The van der Waals surface area contributed by atoms with E-state index in [4.69, 9.17) is 15.3 Å². The van der Waals surface area contributed by atoms with Crippen LogP contribution in [-0.2, 0) is 0 Å². The Hall–Kier alpha value is -2.02. The maximum atomic E-state index is 10.7. The molecule has 0 radical (unpaired) electrons. The molecule has 0 unspecified atom stereocenters. The predicted molar refractivity (Wildman–Crippen MR) is 51.9 cm³/mol. The Balaban J connectivity index is 2.55. The van der Waals surface area contributed by atoms with Crippen molar-refractivity contribution in [2.24, 2.45) is 5.84 Å². The normalized spacial score (nSPS) is 13.4. The molecule has 0 aromatic heterocycles. The molecule has 0 aliphatic carbocycles. The van der Waals surface area contributed by atoms with Crippen LogP contribution in [0.15, 0.2) is 12.1 Å². The Labute approximate surface area is 84.9 Å². The first-order chi connectivity index (χ1) is 7.22. The molecule has 3 N–H and O–H groups in total. The van der Waals surface area contributed by atoms with Gasteiger partial charge in [0.05, 0.1) is 10.6 Å². The first-order valence-corrected chi connectivity index (χ1v) is 4.27. The van der Waals surface area contributed by atoms with Gasteiger partial charge in [0.25, 0.3) is 0 Å². The van der Waals surface area contributed by atoms with Crippen molar-refractivity contribution in [2.45, 2.75) is 0 Å². The van der Waals surface area contributed by atoms with Crippen LogP contribution in [0.4, 0.5) is 11.4 Å². The van der Waals surface area contributed by atoms with Crippen LogP contribution in [0.5, 0.6) is 11.5 Å². The van der Waals surface area contributed by atoms with Crippen LogP contribution in [0, 0.1) is 10.1 Å². The summed E-state index contributed by atoms with van der Waals surface area (Å²) < 4.78 is 10.4. The monoisotopic (exact) mass is 211 g/mol. The first kappa shape index (κ1) is 9.53. The number of nitrogens with one attached hydrogen (secondary N) is 1. The lowest BCUT2D eigenvalue weighted by Crippen LogP contribution is -2.17. The maximum Gasteiger partial charge on any atom is 0.317 e. The van der Waals surface area contributed by atoms with Crippen LogP contribution in [0.1, 0.15) is 0 Å². The van der Waals surface area contributed by atoms with Crippen molar-refractivity contribution in [3.05, 3.63) is 22.2 Å². The summed E-state index contributed by atoms with van der Waals surface area (Å²) >= 11 is 0. The number of hydrazine groups is 1. The van der Waals surface area contributed by atoms with Crippen molar-refractivity contribution in [2.75, 3.05) is 18.6 Å². The summed E-state index contributed by atoms with van der Waals surface area (Å²) in [5.41, 5.74) is 2.59. The number of nitro groups is 1. The van der Waals surface area contributed by atoms with Gasteiger partial charge in [0.15, 0.2) is 5.75 Å². The van der Waals surface area contributed by atoms with Crippen molar-refractivity contribution < 1.29 is 14.4 Å². The smallest absolute Gasteiger partial charge is 0.317 e. The standard InChI is InChI=1S/C8H9N3O4/c9-10-5-3-6(11(12)13)8-7(4-5)14-1-2-15-8/h3-4,10H,1-2,9H2. The summed E-state index contributed by atoms with van der Waals surface area (Å²) in [4.78, 5) is 10.2. The van der Waals surface area contributed by atoms with Gasteiger partial charge < -0.3 is 14.9 Å². The Morgan fingerprint density at radius 2 is 2.13 bits per heavy atom. The lowest BCUT2D eigenvalue weighted by atomic mass is 10.2. The SMILES string of the molecule is NNc1cc2c(c([N+](=O)[O-])c1)OCCO2. The molecule has 1 aliphatic heterocycles. The van der Waals surface area contributed by atoms with Crippen molar-refractivity contribution in [1.29, 1.82) is 0 Å². The molecule has 80 valence electrons. The van der Waals surface area contributed by atoms with Gasteiger partial charge in [0.1, 0.15) is 13.2 Å². The Bertz CT molecular complexity index is 407. The molecule has 1 aromatic carbocycles. The molecule has 0 spiro atoms. The Kier molecular flexibility index (Phi) is 2.30. The molecule has 15 heavy (non-hydrogen) atoms. The fraction of sp³-hybridized carbons (Fsp3) is 0.250. The number of nitrogens with zero attached hydrogens (tertiary/aromatic N) is 1. The number of benzene rings is 1. The van der Waals surface area contributed by atoms with Crippen LogP contribution in [0.2, 0.25) is 0 Å². The molecule has 1 aliphatic rings. The Morgan fingerprint density at radius 3 is 2.80 bits per heavy atom. The lowest BCUT2D eigenvalue weighted by molar-refractivity contribution is -0.386. The summed E-state index contributed by atoms with van der Waals surface area (Å²) in [5, 5.41) is 10.7. The zero-order valence-electron chi connectivity index (χ0n) is 7.73. The van der Waals surface area contributed by atoms with Gasteiger partial charge in [0.2, 0.25) is 5.75 Å². The molecule has 0 saturated heterocycles. The zero-order valence-corrected chi connectivity index (χ0v) is 7.73. The van der Waals surface area contributed by atoms with Crippen molar-refractivity contribution >= 4 is 11.4 Å². The molecule has 0 atom stereocenters. The summed E-state index contributed by atoms with van der Waals surface area (Å²) in [6.45, 7) is 0.682. The van der Waals surface area contributed by atoms with Gasteiger partial charge in [-0.05, 0) is 0 Å². The van der Waals surface area contributed by atoms with Gasteiger partial charge in [-0.1, -0.05) is 0 Å². The zero-order chi connectivity index (χ0) is 10.8. The number of rotatable bonds is 2. The fourth-order valence-corrected chi connectivity index (χ4v) is 1.35. The topological polar surface area (TPSA) is 99.7 Å². The molecule has 7 nitrogen and oxygen atoms in total. The number of fused-ring (bicyclic) bond motifs is 1. The van der Waals surface area contributed by atoms with Crippen LogP contribution < -0.4 is 20.7 Å². The van der Waals surface area contributed by atoms with Crippen molar-refractivity contribution in [3.63, 3.8) is 0 Å². The second-order valence-corrected chi connectivity index (χ2v) is 2.92. The van der Waals surface area contributed by atoms with Gasteiger partial charge in [-0.25, -0.2) is 0 Å². The van der Waals surface area contributed by atoms with E-state index in [1.165, 1.54) is 6.07 Å². The third-order valence-corrected chi connectivity index (χ3v) is 1.99. The fourth-order valence-electron chi connectivity index (χ4n) is 1.35. The highest BCUT2D eigenvalue weighted by Gasteiger charge is 2.24. The van der Waals surface area contributed by atoms with E-state index in [0.29, 0.717) is 24.7 Å². The minimum absolute atomic E-state index is 0.153. The number of hydrogen-bond acceptors (Lipinski definition) is 6. The van der Waals surface area contributed by atoms with Crippen molar-refractivity contribution in [1.82, 2.24) is 0 Å². The summed E-state index contributed by atoms with van der Waals surface area (Å²) in [6, 6.07) is 2.86. The highest BCUT2D eigenvalue weighted by molar-refractivity contribution is 5.65. The van der Waals surface area contributed by atoms with Gasteiger partial charge in [0, 0.05) is 12.1 Å². The molecule has 1 heterocycles. The average Bonchev–Trinajstić information content (AvgIpc) is 2.27. The largest absolute Gasteiger partial charge is 0.486 e. The number of anilines is 1. The summed E-state index contributed by atoms with van der Waals surface area (Å²) in [6.07, 6.45) is 0. The minimum atomic E-state index is -0.533. The van der Waals surface area contributed by atoms with E-state index >= 15 is 0 Å². The highest BCUT2D eigenvalue weighted by atomic mass is 16.6. The second kappa shape index (κ2) is 3.62. The number of hydrogen-bond donors (Lipinski definition) is 2. The first-order valence-electron chi connectivity index (χ1n) is 4.27. The maximum absolute atomic E-state index is 10.7. The van der Waals surface area contributed by atoms with E-state index in [1.54, 1.807) is 6.07 Å². The molecule has 7 heteroatoms. The molecular weight excluding hydrogens is 202 g/mol. The van der Waals surface area contributed by atoms with Crippen LogP contribution >= 0.6 is 0 Å². The average molecular weight is 211 g/mol. The van der Waals surface area contributed by atoms with Gasteiger partial charge in [-0.2, -0.15) is 0 Å². The number of nitrogen functional groups attached to an aromatic ring is 1. The minimum Gasteiger partial charge on any atom is -0.486 e. The van der Waals surface area contributed by atoms with E-state index in [1.807, 2.05) is 0 Å². The molecule has 2 rings (SSSR count). The van der Waals surface area contributed by atoms with Gasteiger partial charge >= 0.3 is 5.69 Å². The van der Waals surface area contributed by atoms with Crippen LogP contribution in [0.3, 0.4) is 0 Å². The number of nitrogens with two attached hydrogens (primary N) is 1. The van der Waals surface area contributed by atoms with Crippen molar-refractivity contribution in [3.8, 4) is 11.5 Å². The van der Waals surface area contributed by atoms with Gasteiger partial charge in [-0.3, -0.25) is 16.0 Å². The van der Waals surface area contributed by atoms with E-state index in [0.717, 1.165) is 0 Å². The third kappa shape index (κ3) is 1.64. The molecule has 0 bridgehead atoms. The van der Waals surface area contributed by atoms with E-state index in [2.05, 4.69) is 5.43 Å². The van der Waals surface area contributed by atoms with Gasteiger partial charge in [-0.15, -0.1) is 0 Å². The molecule has 1 aromatic rings. The van der Waals surface area contributed by atoms with Crippen LogP contribution in [-0.4, -0.2) is 18.1 Å². The molecular formula is C8H9N3O4. The quantitative estimate of drug-likeness (QED) is 0.423. The van der Waals surface area contributed by atoms with E-state index < -0.39 is 4.92 Å². The number of nitro benzene ring substituents is 1. The molecule has 0 saturated carbocycles. The highest BCUT2D eigenvalue weighted by Crippen LogP contribution is 2.41. The predicted octanol–water partition coefficient (Wildman–Crippen LogP) is 0.652. The molecule has 0 fully saturated rings. The van der Waals surface area contributed by atoms with E-state index in [-0.39, 0.29) is 11.4 Å². The van der Waals surface area contributed by atoms with Crippen LogP contribution in [0.25, 0.3) is 0 Å².